The minimum atomic E-state index is 0.240. The monoisotopic (exact) mass is 290 g/mol. The fourth-order valence-corrected chi connectivity index (χ4v) is 4.66. The lowest BCUT2D eigenvalue weighted by molar-refractivity contribution is -0.117. The second kappa shape index (κ2) is 4.57. The first-order valence-corrected chi connectivity index (χ1v) is 8.54. The maximum atomic E-state index is 12.4. The van der Waals surface area contributed by atoms with E-state index < -0.39 is 0 Å². The summed E-state index contributed by atoms with van der Waals surface area (Å²) < 4.78 is 0. The van der Waals surface area contributed by atoms with Gasteiger partial charge in [0.05, 0.1) is 5.00 Å². The summed E-state index contributed by atoms with van der Waals surface area (Å²) in [4.78, 5) is 18.3. The Morgan fingerprint density at radius 2 is 2.20 bits per heavy atom. The molecule has 4 heteroatoms. The molecule has 0 bridgehead atoms. The molecule has 1 amide bonds. The lowest BCUT2D eigenvalue weighted by Crippen LogP contribution is -2.31. The van der Waals surface area contributed by atoms with Gasteiger partial charge >= 0.3 is 0 Å². The summed E-state index contributed by atoms with van der Waals surface area (Å²) in [6, 6.07) is 4.22. The molecule has 20 heavy (non-hydrogen) atoms. The number of hydrogen-bond acceptors (Lipinski definition) is 3. The number of nitrogens with zero attached hydrogens (tertiary/aromatic N) is 2. The van der Waals surface area contributed by atoms with Crippen molar-refractivity contribution in [2.24, 2.45) is 11.3 Å². The summed E-state index contributed by atoms with van der Waals surface area (Å²) in [6.07, 6.45) is 4.80. The van der Waals surface area contributed by atoms with Crippen molar-refractivity contribution in [3.63, 3.8) is 0 Å². The van der Waals surface area contributed by atoms with E-state index in [1.807, 2.05) is 4.90 Å². The Kier molecular flexibility index (Phi) is 2.93. The topological polar surface area (TPSA) is 23.6 Å². The largest absolute Gasteiger partial charge is 0.303 e. The van der Waals surface area contributed by atoms with Crippen molar-refractivity contribution in [3.8, 4) is 0 Å². The van der Waals surface area contributed by atoms with Crippen LogP contribution in [0.15, 0.2) is 12.1 Å². The highest BCUT2D eigenvalue weighted by molar-refractivity contribution is 7.16. The van der Waals surface area contributed by atoms with Crippen LogP contribution >= 0.6 is 11.3 Å². The Labute approximate surface area is 124 Å². The third kappa shape index (κ3) is 2.29. The van der Waals surface area contributed by atoms with Gasteiger partial charge in [-0.3, -0.25) is 4.79 Å². The van der Waals surface area contributed by atoms with Crippen LogP contribution in [-0.4, -0.2) is 37.0 Å². The van der Waals surface area contributed by atoms with Crippen LogP contribution in [0.1, 0.15) is 30.6 Å². The predicted octanol–water partition coefficient (Wildman–Crippen LogP) is 2.90. The van der Waals surface area contributed by atoms with Gasteiger partial charge in [-0.2, -0.15) is 0 Å². The van der Waals surface area contributed by atoms with Gasteiger partial charge in [0.25, 0.3) is 0 Å². The zero-order chi connectivity index (χ0) is 13.7. The first kappa shape index (κ1) is 12.8. The van der Waals surface area contributed by atoms with Gasteiger partial charge in [0.15, 0.2) is 0 Å². The number of likely N-dealkylation sites (tertiary alicyclic amines) is 1. The Balaban J connectivity index is 1.47. The van der Waals surface area contributed by atoms with Crippen LogP contribution in [0, 0.1) is 18.3 Å². The van der Waals surface area contributed by atoms with Crippen molar-refractivity contribution in [3.05, 3.63) is 17.0 Å². The van der Waals surface area contributed by atoms with Crippen molar-refractivity contribution in [2.75, 3.05) is 31.1 Å². The molecule has 1 saturated carbocycles. The van der Waals surface area contributed by atoms with Crippen LogP contribution in [0.2, 0.25) is 0 Å². The van der Waals surface area contributed by atoms with Crippen molar-refractivity contribution in [1.82, 2.24) is 4.90 Å². The molecule has 1 aromatic heterocycles. The molecule has 3 aliphatic rings. The van der Waals surface area contributed by atoms with Crippen LogP contribution in [0.25, 0.3) is 0 Å². The molecule has 1 atom stereocenters. The highest BCUT2D eigenvalue weighted by Crippen LogP contribution is 2.44. The molecular formula is C16H22N2OS. The van der Waals surface area contributed by atoms with E-state index in [0.29, 0.717) is 5.91 Å². The number of hydrogen-bond donors (Lipinski definition) is 0. The number of amides is 1. The third-order valence-corrected chi connectivity index (χ3v) is 6.07. The summed E-state index contributed by atoms with van der Waals surface area (Å²) in [5.74, 6) is 1.29. The van der Waals surface area contributed by atoms with Gasteiger partial charge in [0.2, 0.25) is 5.91 Å². The van der Waals surface area contributed by atoms with Crippen LogP contribution in [0.3, 0.4) is 0 Å². The number of rotatable bonds is 3. The smallest absolute Gasteiger partial charge is 0.228 e. The van der Waals surface area contributed by atoms with Gasteiger partial charge in [-0.05, 0) is 50.8 Å². The van der Waals surface area contributed by atoms with E-state index in [1.54, 1.807) is 11.3 Å². The summed E-state index contributed by atoms with van der Waals surface area (Å²) in [6.45, 7) is 6.65. The Morgan fingerprint density at radius 3 is 2.90 bits per heavy atom. The highest BCUT2D eigenvalue weighted by atomic mass is 32.1. The van der Waals surface area contributed by atoms with Crippen molar-refractivity contribution in [2.45, 2.75) is 32.6 Å². The van der Waals surface area contributed by atoms with Gasteiger partial charge in [0.1, 0.15) is 0 Å². The fourth-order valence-electron chi connectivity index (χ4n) is 3.79. The molecular weight excluding hydrogens is 268 g/mol. The van der Waals surface area contributed by atoms with E-state index in [1.165, 1.54) is 37.2 Å². The molecule has 0 aromatic carbocycles. The standard InChI is InChI=1S/C16H22N2OS/c1-12-2-5-15(20-12)18-11-16(8-14(18)19)6-7-17(10-16)9-13-3-4-13/h2,5,13H,3-4,6-11H2,1H3/t16-/m0/s1. The van der Waals surface area contributed by atoms with E-state index in [9.17, 15) is 4.79 Å². The molecule has 4 rings (SSSR count). The SMILES string of the molecule is Cc1ccc(N2C[C@@]3(CCN(CC4CC4)C3)CC2=O)s1. The lowest BCUT2D eigenvalue weighted by atomic mass is 9.86. The number of anilines is 1. The van der Waals surface area contributed by atoms with Gasteiger partial charge in [-0.25, -0.2) is 0 Å². The Hall–Kier alpha value is -0.870. The molecule has 108 valence electrons. The second-order valence-electron chi connectivity index (χ2n) is 6.97. The summed E-state index contributed by atoms with van der Waals surface area (Å²) >= 11 is 1.74. The highest BCUT2D eigenvalue weighted by Gasteiger charge is 2.48. The Morgan fingerprint density at radius 1 is 1.35 bits per heavy atom. The molecule has 1 aliphatic carbocycles. The van der Waals surface area contributed by atoms with Crippen molar-refractivity contribution < 1.29 is 4.79 Å². The Bertz CT molecular complexity index is 536. The van der Waals surface area contributed by atoms with Gasteiger partial charge in [-0.1, -0.05) is 0 Å². The second-order valence-corrected chi connectivity index (χ2v) is 8.24. The molecule has 1 aromatic rings. The molecule has 3 nitrogen and oxygen atoms in total. The van der Waals surface area contributed by atoms with Crippen molar-refractivity contribution >= 4 is 22.2 Å². The lowest BCUT2D eigenvalue weighted by Gasteiger charge is -2.23. The molecule has 2 aliphatic heterocycles. The average molecular weight is 290 g/mol. The van der Waals surface area contributed by atoms with Gasteiger partial charge in [0, 0.05) is 36.3 Å². The van der Waals surface area contributed by atoms with E-state index in [4.69, 9.17) is 0 Å². The zero-order valence-electron chi connectivity index (χ0n) is 12.1. The minimum Gasteiger partial charge on any atom is -0.303 e. The van der Waals surface area contributed by atoms with Crippen LogP contribution in [-0.2, 0) is 4.79 Å². The average Bonchev–Trinajstić information content (AvgIpc) is 2.83. The maximum absolute atomic E-state index is 12.4. The minimum absolute atomic E-state index is 0.240. The molecule has 0 unspecified atom stereocenters. The molecule has 3 heterocycles. The van der Waals surface area contributed by atoms with Crippen molar-refractivity contribution in [1.29, 1.82) is 0 Å². The number of carbonyl (C=O) groups excluding carboxylic acids is 1. The number of aryl methyl sites for hydroxylation is 1. The summed E-state index contributed by atoms with van der Waals surface area (Å²) in [7, 11) is 0. The summed E-state index contributed by atoms with van der Waals surface area (Å²) in [5.41, 5.74) is 0.240. The van der Waals surface area contributed by atoms with E-state index in [0.717, 1.165) is 30.4 Å². The maximum Gasteiger partial charge on any atom is 0.228 e. The normalized spacial score (nSPS) is 30.9. The first-order chi connectivity index (χ1) is 9.63. The molecule has 0 N–H and O–H groups in total. The van der Waals surface area contributed by atoms with Gasteiger partial charge in [-0.15, -0.1) is 11.3 Å². The number of carbonyl (C=O) groups is 1. The zero-order valence-corrected chi connectivity index (χ0v) is 12.9. The molecule has 1 spiro atoms. The van der Waals surface area contributed by atoms with Crippen LogP contribution in [0.4, 0.5) is 5.00 Å². The van der Waals surface area contributed by atoms with E-state index >= 15 is 0 Å². The first-order valence-electron chi connectivity index (χ1n) is 7.73. The molecule has 3 fully saturated rings. The quantitative estimate of drug-likeness (QED) is 0.854. The molecule has 0 radical (unpaired) electrons. The van der Waals surface area contributed by atoms with E-state index in [-0.39, 0.29) is 5.41 Å². The number of thiophene rings is 1. The third-order valence-electron chi connectivity index (χ3n) is 5.04. The fraction of sp³-hybridized carbons (Fsp3) is 0.688. The van der Waals surface area contributed by atoms with Crippen LogP contribution < -0.4 is 4.90 Å². The summed E-state index contributed by atoms with van der Waals surface area (Å²) in [5, 5.41) is 1.14. The predicted molar refractivity (Wildman–Crippen MR) is 82.2 cm³/mol. The molecule has 2 saturated heterocycles. The van der Waals surface area contributed by atoms with Gasteiger partial charge < -0.3 is 9.80 Å². The van der Waals surface area contributed by atoms with Crippen LogP contribution in [0.5, 0.6) is 0 Å². The van der Waals surface area contributed by atoms with E-state index in [2.05, 4.69) is 24.0 Å².